The van der Waals surface area contributed by atoms with Crippen LogP contribution in [0.3, 0.4) is 0 Å². The molecular weight excluding hydrogens is 204 g/mol. The number of amides is 1. The zero-order valence-electron chi connectivity index (χ0n) is 9.52. The van der Waals surface area contributed by atoms with Crippen molar-refractivity contribution in [3.8, 4) is 0 Å². The molecule has 0 aromatic carbocycles. The second-order valence-corrected chi connectivity index (χ2v) is 5.08. The van der Waals surface area contributed by atoms with Gasteiger partial charge >= 0.3 is 0 Å². The Bertz CT molecular complexity index is 270. The van der Waals surface area contributed by atoms with Crippen LogP contribution in [0.2, 0.25) is 0 Å². The first-order chi connectivity index (χ1) is 7.72. The highest BCUT2D eigenvalue weighted by molar-refractivity contribution is 5.84. The molecule has 2 atom stereocenters. The molecule has 0 aromatic rings. The maximum atomic E-state index is 11.8. The molecule has 0 aromatic heterocycles. The van der Waals surface area contributed by atoms with Gasteiger partial charge in [0.2, 0.25) is 5.91 Å². The van der Waals surface area contributed by atoms with Gasteiger partial charge in [-0.3, -0.25) is 4.79 Å². The number of carbonyl (C=O) groups excluding carboxylic acids is 2. The van der Waals surface area contributed by atoms with Crippen molar-refractivity contribution in [2.45, 2.75) is 50.6 Å². The van der Waals surface area contributed by atoms with Gasteiger partial charge in [-0.2, -0.15) is 0 Å². The zero-order chi connectivity index (χ0) is 11.5. The molecule has 2 fully saturated rings. The summed E-state index contributed by atoms with van der Waals surface area (Å²) in [4.78, 5) is 22.6. The molecule has 0 radical (unpaired) electrons. The molecule has 16 heavy (non-hydrogen) atoms. The number of nitrogens with one attached hydrogen (secondary N) is 1. The first-order valence-electron chi connectivity index (χ1n) is 6.23. The predicted octanol–water partition coefficient (Wildman–Crippen LogP) is 0.598. The normalized spacial score (nSPS) is 25.1. The molecule has 2 aliphatic carbocycles. The molecule has 1 amide bonds. The number of hydrogen-bond donors (Lipinski definition) is 2. The number of aldehydes is 1. The van der Waals surface area contributed by atoms with Crippen LogP contribution in [-0.2, 0) is 9.59 Å². The van der Waals surface area contributed by atoms with E-state index >= 15 is 0 Å². The first kappa shape index (κ1) is 11.6. The van der Waals surface area contributed by atoms with E-state index in [1.165, 1.54) is 12.8 Å². The van der Waals surface area contributed by atoms with Crippen LogP contribution in [0.1, 0.15) is 38.5 Å². The minimum atomic E-state index is -0.427. The molecule has 2 saturated carbocycles. The van der Waals surface area contributed by atoms with E-state index in [4.69, 9.17) is 5.73 Å². The maximum absolute atomic E-state index is 11.8. The summed E-state index contributed by atoms with van der Waals surface area (Å²) in [7, 11) is 0. The lowest BCUT2D eigenvalue weighted by molar-refractivity contribution is -0.126. The Balaban J connectivity index is 1.83. The first-order valence-corrected chi connectivity index (χ1v) is 6.23. The van der Waals surface area contributed by atoms with Gasteiger partial charge in [-0.25, -0.2) is 0 Å². The van der Waals surface area contributed by atoms with Crippen molar-refractivity contribution in [2.75, 3.05) is 0 Å². The van der Waals surface area contributed by atoms with E-state index in [1.807, 2.05) is 0 Å². The van der Waals surface area contributed by atoms with Crippen molar-refractivity contribution < 1.29 is 9.59 Å². The summed E-state index contributed by atoms with van der Waals surface area (Å²) in [5, 5.41) is 2.77. The summed E-state index contributed by atoms with van der Waals surface area (Å²) >= 11 is 0. The molecular formula is C12H20N2O2. The smallest absolute Gasteiger partial charge is 0.237 e. The van der Waals surface area contributed by atoms with Crippen molar-refractivity contribution in [1.29, 1.82) is 0 Å². The van der Waals surface area contributed by atoms with Gasteiger partial charge in [-0.05, 0) is 37.5 Å². The molecule has 0 spiro atoms. The number of hydrogen-bond acceptors (Lipinski definition) is 3. The fourth-order valence-electron chi connectivity index (χ4n) is 2.51. The van der Waals surface area contributed by atoms with Gasteiger partial charge in [-0.15, -0.1) is 0 Å². The molecule has 0 aliphatic heterocycles. The minimum Gasteiger partial charge on any atom is -0.345 e. The summed E-state index contributed by atoms with van der Waals surface area (Å²) in [5.41, 5.74) is 5.92. The Morgan fingerprint density at radius 1 is 1.19 bits per heavy atom. The van der Waals surface area contributed by atoms with Gasteiger partial charge in [0.1, 0.15) is 6.29 Å². The van der Waals surface area contributed by atoms with Gasteiger partial charge < -0.3 is 15.8 Å². The van der Waals surface area contributed by atoms with Crippen LogP contribution < -0.4 is 11.1 Å². The molecule has 0 heterocycles. The molecule has 0 saturated heterocycles. The van der Waals surface area contributed by atoms with Gasteiger partial charge in [0.05, 0.1) is 12.1 Å². The standard InChI is InChI=1S/C12H20N2O2/c13-11(9-3-1-2-4-9)12(16)14-10(7-15)8-5-6-8/h7-11H,1-6,13H2,(H,14,16)/t10-,11+/m1/s1. The Morgan fingerprint density at radius 2 is 1.81 bits per heavy atom. The largest absolute Gasteiger partial charge is 0.345 e. The lowest BCUT2D eigenvalue weighted by Gasteiger charge is -2.20. The molecule has 4 nitrogen and oxygen atoms in total. The number of rotatable bonds is 5. The third-order valence-electron chi connectivity index (χ3n) is 3.80. The lowest BCUT2D eigenvalue weighted by Crippen LogP contribution is -2.49. The fourth-order valence-corrected chi connectivity index (χ4v) is 2.51. The molecule has 90 valence electrons. The van der Waals surface area contributed by atoms with Gasteiger partial charge in [-0.1, -0.05) is 12.8 Å². The van der Waals surface area contributed by atoms with E-state index in [2.05, 4.69) is 5.32 Å². The molecule has 0 unspecified atom stereocenters. The molecule has 0 bridgehead atoms. The Labute approximate surface area is 96.0 Å². The van der Waals surface area contributed by atoms with Crippen LogP contribution in [-0.4, -0.2) is 24.3 Å². The second-order valence-electron chi connectivity index (χ2n) is 5.08. The van der Waals surface area contributed by atoms with Crippen LogP contribution in [0.15, 0.2) is 0 Å². The summed E-state index contributed by atoms with van der Waals surface area (Å²) in [5.74, 6) is 0.527. The number of carbonyl (C=O) groups is 2. The maximum Gasteiger partial charge on any atom is 0.237 e. The summed E-state index contributed by atoms with van der Waals surface area (Å²) in [6.45, 7) is 0. The predicted molar refractivity (Wildman–Crippen MR) is 60.7 cm³/mol. The molecule has 4 heteroatoms. The Hall–Kier alpha value is -0.900. The Kier molecular flexibility index (Phi) is 3.59. The minimum absolute atomic E-state index is 0.143. The van der Waals surface area contributed by atoms with E-state index in [-0.39, 0.29) is 11.9 Å². The quantitative estimate of drug-likeness (QED) is 0.672. The van der Waals surface area contributed by atoms with Crippen molar-refractivity contribution >= 4 is 12.2 Å². The number of nitrogens with two attached hydrogens (primary N) is 1. The van der Waals surface area contributed by atoms with Gasteiger partial charge in [0.15, 0.2) is 0 Å². The highest BCUT2D eigenvalue weighted by Gasteiger charge is 2.34. The van der Waals surface area contributed by atoms with E-state index in [1.54, 1.807) is 0 Å². The SMILES string of the molecule is N[C@H](C(=O)N[C@H](C=O)C1CC1)C1CCCC1. The van der Waals surface area contributed by atoms with Crippen LogP contribution in [0, 0.1) is 11.8 Å². The third-order valence-corrected chi connectivity index (χ3v) is 3.80. The van der Waals surface area contributed by atoms with Crippen molar-refractivity contribution in [1.82, 2.24) is 5.32 Å². The van der Waals surface area contributed by atoms with Gasteiger partial charge in [0, 0.05) is 0 Å². The van der Waals surface area contributed by atoms with E-state index in [9.17, 15) is 9.59 Å². The van der Waals surface area contributed by atoms with E-state index < -0.39 is 6.04 Å². The van der Waals surface area contributed by atoms with Crippen molar-refractivity contribution in [3.63, 3.8) is 0 Å². The monoisotopic (exact) mass is 224 g/mol. The second kappa shape index (κ2) is 4.95. The van der Waals surface area contributed by atoms with Crippen LogP contribution in [0.5, 0.6) is 0 Å². The van der Waals surface area contributed by atoms with Crippen LogP contribution in [0.4, 0.5) is 0 Å². The highest BCUT2D eigenvalue weighted by Crippen LogP contribution is 2.32. The Morgan fingerprint density at radius 3 is 2.31 bits per heavy atom. The molecule has 3 N–H and O–H groups in total. The third kappa shape index (κ3) is 2.61. The average Bonchev–Trinajstić information content (AvgIpc) is 2.99. The summed E-state index contributed by atoms with van der Waals surface area (Å²) in [6.07, 6.45) is 7.37. The van der Waals surface area contributed by atoms with Crippen LogP contribution >= 0.6 is 0 Å². The van der Waals surface area contributed by atoms with Crippen LogP contribution in [0.25, 0.3) is 0 Å². The fraction of sp³-hybridized carbons (Fsp3) is 0.833. The molecule has 2 aliphatic rings. The summed E-state index contributed by atoms with van der Waals surface area (Å²) < 4.78 is 0. The lowest BCUT2D eigenvalue weighted by atomic mass is 9.98. The summed E-state index contributed by atoms with van der Waals surface area (Å²) in [6, 6.07) is -0.733. The van der Waals surface area contributed by atoms with Crippen molar-refractivity contribution in [2.24, 2.45) is 17.6 Å². The van der Waals surface area contributed by atoms with E-state index in [0.29, 0.717) is 11.8 Å². The van der Waals surface area contributed by atoms with Gasteiger partial charge in [0.25, 0.3) is 0 Å². The average molecular weight is 224 g/mol. The molecule has 2 rings (SSSR count). The van der Waals surface area contributed by atoms with E-state index in [0.717, 1.165) is 32.0 Å². The zero-order valence-corrected chi connectivity index (χ0v) is 9.52. The topological polar surface area (TPSA) is 72.2 Å². The van der Waals surface area contributed by atoms with Crippen molar-refractivity contribution in [3.05, 3.63) is 0 Å². The highest BCUT2D eigenvalue weighted by atomic mass is 16.2.